The molecule has 0 radical (unpaired) electrons. The number of nitrogens with one attached hydrogen (secondary N) is 1. The quantitative estimate of drug-likeness (QED) is 0.889. The van der Waals surface area contributed by atoms with Crippen molar-refractivity contribution in [2.24, 2.45) is 0 Å². The lowest BCUT2D eigenvalue weighted by Gasteiger charge is -2.12. The number of anilines is 1. The van der Waals surface area contributed by atoms with E-state index in [1.807, 2.05) is 12.3 Å². The molecule has 0 spiro atoms. The Morgan fingerprint density at radius 1 is 1.30 bits per heavy atom. The van der Waals surface area contributed by atoms with Gasteiger partial charge in [-0.15, -0.1) is 11.3 Å². The first-order chi connectivity index (χ1) is 9.40. The van der Waals surface area contributed by atoms with E-state index in [0.717, 1.165) is 34.8 Å². The normalized spacial score (nSPS) is 11.7. The Hall–Kier alpha value is -1.56. The van der Waals surface area contributed by atoms with Gasteiger partial charge in [-0.2, -0.15) is 13.2 Å². The SMILES string of the molecule is CCc1nc(CNc2cc(C(F)(F)F)ccc2C)cs1. The van der Waals surface area contributed by atoms with Gasteiger partial charge in [-0.05, 0) is 31.0 Å². The lowest BCUT2D eigenvalue weighted by Crippen LogP contribution is -2.07. The predicted octanol–water partition coefficient (Wildman–Crippen LogP) is 4.64. The van der Waals surface area contributed by atoms with Crippen LogP contribution in [0.1, 0.15) is 28.8 Å². The van der Waals surface area contributed by atoms with Crippen molar-refractivity contribution in [2.45, 2.75) is 33.0 Å². The summed E-state index contributed by atoms with van der Waals surface area (Å²) < 4.78 is 38.0. The van der Waals surface area contributed by atoms with Crippen molar-refractivity contribution in [3.8, 4) is 0 Å². The van der Waals surface area contributed by atoms with E-state index in [0.29, 0.717) is 12.2 Å². The van der Waals surface area contributed by atoms with E-state index in [1.165, 1.54) is 6.07 Å². The van der Waals surface area contributed by atoms with E-state index in [1.54, 1.807) is 18.3 Å². The van der Waals surface area contributed by atoms with Crippen molar-refractivity contribution in [1.82, 2.24) is 4.98 Å². The van der Waals surface area contributed by atoms with Crippen LogP contribution in [0.3, 0.4) is 0 Å². The minimum absolute atomic E-state index is 0.429. The van der Waals surface area contributed by atoms with Gasteiger partial charge in [0.15, 0.2) is 0 Å². The van der Waals surface area contributed by atoms with Gasteiger partial charge in [0, 0.05) is 11.1 Å². The molecule has 0 unspecified atom stereocenters. The maximum Gasteiger partial charge on any atom is 0.416 e. The van der Waals surface area contributed by atoms with E-state index in [4.69, 9.17) is 0 Å². The molecule has 0 aliphatic carbocycles. The zero-order chi connectivity index (χ0) is 14.8. The molecule has 0 fully saturated rings. The number of hydrogen-bond acceptors (Lipinski definition) is 3. The second-order valence-corrected chi connectivity index (χ2v) is 5.41. The van der Waals surface area contributed by atoms with Crippen molar-refractivity contribution < 1.29 is 13.2 Å². The Kier molecular flexibility index (Phi) is 4.32. The lowest BCUT2D eigenvalue weighted by atomic mass is 10.1. The Morgan fingerprint density at radius 2 is 2.05 bits per heavy atom. The second-order valence-electron chi connectivity index (χ2n) is 4.47. The summed E-state index contributed by atoms with van der Waals surface area (Å²) in [5, 5.41) is 5.98. The molecule has 0 bridgehead atoms. The molecule has 0 aliphatic rings. The van der Waals surface area contributed by atoms with Crippen LogP contribution in [-0.2, 0) is 19.1 Å². The first-order valence-corrected chi connectivity index (χ1v) is 7.13. The predicted molar refractivity (Wildman–Crippen MR) is 75.0 cm³/mol. The van der Waals surface area contributed by atoms with Gasteiger partial charge in [0.2, 0.25) is 0 Å². The van der Waals surface area contributed by atoms with E-state index in [9.17, 15) is 13.2 Å². The molecule has 0 saturated heterocycles. The highest BCUT2D eigenvalue weighted by Crippen LogP contribution is 2.32. The summed E-state index contributed by atoms with van der Waals surface area (Å²) in [5.41, 5.74) is 1.48. The molecule has 0 saturated carbocycles. The average molecular weight is 300 g/mol. The molecule has 1 aromatic heterocycles. The van der Waals surface area contributed by atoms with Gasteiger partial charge < -0.3 is 5.32 Å². The van der Waals surface area contributed by atoms with Gasteiger partial charge >= 0.3 is 6.18 Å². The summed E-state index contributed by atoms with van der Waals surface area (Å²) in [7, 11) is 0. The lowest BCUT2D eigenvalue weighted by molar-refractivity contribution is -0.137. The number of nitrogens with zero attached hydrogens (tertiary/aromatic N) is 1. The summed E-state index contributed by atoms with van der Waals surface area (Å²) in [6.45, 7) is 4.23. The summed E-state index contributed by atoms with van der Waals surface area (Å²) in [4.78, 5) is 4.38. The number of thiazole rings is 1. The number of hydrogen-bond donors (Lipinski definition) is 1. The fourth-order valence-corrected chi connectivity index (χ4v) is 2.51. The third kappa shape index (κ3) is 3.50. The minimum atomic E-state index is -4.32. The maximum atomic E-state index is 12.7. The zero-order valence-corrected chi connectivity index (χ0v) is 12.0. The minimum Gasteiger partial charge on any atom is -0.379 e. The van der Waals surface area contributed by atoms with Crippen molar-refractivity contribution in [2.75, 3.05) is 5.32 Å². The molecule has 2 rings (SSSR count). The van der Waals surface area contributed by atoms with Crippen molar-refractivity contribution >= 4 is 17.0 Å². The van der Waals surface area contributed by atoms with Gasteiger partial charge in [0.1, 0.15) is 0 Å². The summed E-state index contributed by atoms with van der Waals surface area (Å²) >= 11 is 1.57. The first-order valence-electron chi connectivity index (χ1n) is 6.25. The third-order valence-corrected chi connectivity index (χ3v) is 3.97. The number of aromatic nitrogens is 1. The molecule has 1 N–H and O–H groups in total. The molecule has 0 amide bonds. The smallest absolute Gasteiger partial charge is 0.379 e. The van der Waals surface area contributed by atoms with Crippen LogP contribution in [0.25, 0.3) is 0 Å². The van der Waals surface area contributed by atoms with Gasteiger partial charge in [-0.3, -0.25) is 0 Å². The van der Waals surface area contributed by atoms with Crippen LogP contribution in [0.2, 0.25) is 0 Å². The molecule has 1 heterocycles. The summed E-state index contributed by atoms with van der Waals surface area (Å²) in [6, 6.07) is 3.71. The molecular formula is C14H15F3N2S. The molecule has 0 aliphatic heterocycles. The number of alkyl halides is 3. The van der Waals surface area contributed by atoms with Crippen LogP contribution in [0.4, 0.5) is 18.9 Å². The average Bonchev–Trinajstić information content (AvgIpc) is 2.84. The van der Waals surface area contributed by atoms with Crippen molar-refractivity contribution in [3.05, 3.63) is 45.4 Å². The van der Waals surface area contributed by atoms with E-state index >= 15 is 0 Å². The molecule has 2 nitrogen and oxygen atoms in total. The second kappa shape index (κ2) is 5.83. The molecule has 6 heteroatoms. The highest BCUT2D eigenvalue weighted by molar-refractivity contribution is 7.09. The molecule has 2 aromatic rings. The number of benzene rings is 1. The standard InChI is InChI=1S/C14H15F3N2S/c1-3-13-19-11(8-20-13)7-18-12-6-10(14(15,16)17)5-4-9(12)2/h4-6,8,18H,3,7H2,1-2H3. The van der Waals surface area contributed by atoms with Crippen molar-refractivity contribution in [1.29, 1.82) is 0 Å². The first kappa shape index (κ1) is 14.8. The van der Waals surface area contributed by atoms with Gasteiger partial charge in [-0.25, -0.2) is 4.98 Å². The zero-order valence-electron chi connectivity index (χ0n) is 11.2. The topological polar surface area (TPSA) is 24.9 Å². The van der Waals surface area contributed by atoms with E-state index in [2.05, 4.69) is 10.3 Å². The van der Waals surface area contributed by atoms with Crippen LogP contribution >= 0.6 is 11.3 Å². The summed E-state index contributed by atoms with van der Waals surface area (Å²) in [5.74, 6) is 0. The molecule has 20 heavy (non-hydrogen) atoms. The Balaban J connectivity index is 2.12. The van der Waals surface area contributed by atoms with Gasteiger partial charge in [0.25, 0.3) is 0 Å². The fraction of sp³-hybridized carbons (Fsp3) is 0.357. The third-order valence-electron chi connectivity index (χ3n) is 2.93. The number of aryl methyl sites for hydroxylation is 2. The van der Waals surface area contributed by atoms with E-state index in [-0.39, 0.29) is 0 Å². The van der Waals surface area contributed by atoms with Crippen LogP contribution in [0.15, 0.2) is 23.6 Å². The van der Waals surface area contributed by atoms with Crippen LogP contribution < -0.4 is 5.32 Å². The van der Waals surface area contributed by atoms with Crippen LogP contribution in [0.5, 0.6) is 0 Å². The molecular weight excluding hydrogens is 285 g/mol. The Morgan fingerprint density at radius 3 is 2.65 bits per heavy atom. The molecule has 1 aromatic carbocycles. The summed E-state index contributed by atoms with van der Waals surface area (Å²) in [6.07, 6.45) is -3.45. The number of halogens is 3. The van der Waals surface area contributed by atoms with Crippen molar-refractivity contribution in [3.63, 3.8) is 0 Å². The van der Waals surface area contributed by atoms with Gasteiger partial charge in [-0.1, -0.05) is 13.0 Å². The fourth-order valence-electron chi connectivity index (χ4n) is 1.77. The monoisotopic (exact) mass is 300 g/mol. The maximum absolute atomic E-state index is 12.7. The van der Waals surface area contributed by atoms with E-state index < -0.39 is 11.7 Å². The van der Waals surface area contributed by atoms with Crippen LogP contribution in [-0.4, -0.2) is 4.98 Å². The Labute approximate surface area is 119 Å². The molecule has 0 atom stereocenters. The van der Waals surface area contributed by atoms with Gasteiger partial charge in [0.05, 0.1) is 22.8 Å². The number of rotatable bonds is 4. The molecule has 108 valence electrons. The largest absolute Gasteiger partial charge is 0.416 e. The Bertz CT molecular complexity index is 590. The highest BCUT2D eigenvalue weighted by atomic mass is 32.1. The van der Waals surface area contributed by atoms with Crippen LogP contribution in [0, 0.1) is 6.92 Å². The highest BCUT2D eigenvalue weighted by Gasteiger charge is 2.30.